The fourth-order valence-electron chi connectivity index (χ4n) is 4.19. The van der Waals surface area contributed by atoms with Crippen molar-refractivity contribution < 1.29 is 61.0 Å². The number of aromatic nitrogens is 1. The van der Waals surface area contributed by atoms with Gasteiger partial charge in [0.25, 0.3) is 18.0 Å². The number of halogens is 3. The zero-order valence-electron chi connectivity index (χ0n) is 25.3. The first kappa shape index (κ1) is 34.8. The molecule has 4 aromatic rings. The van der Waals surface area contributed by atoms with Crippen LogP contribution in [0.2, 0.25) is 5.02 Å². The lowest BCUT2D eigenvalue weighted by Crippen LogP contribution is -2.72. The topological polar surface area (TPSA) is 193 Å². The molecule has 1 fully saturated rings. The van der Waals surface area contributed by atoms with Crippen LogP contribution in [-0.4, -0.2) is 70.4 Å². The summed E-state index contributed by atoms with van der Waals surface area (Å²) in [5, 5.41) is 5.15. The van der Waals surface area contributed by atoms with Crippen molar-refractivity contribution >= 4 is 53.6 Å². The molecule has 0 radical (unpaired) electrons. The maximum absolute atomic E-state index is 16.3. The number of carbonyl (C=O) groups excluding carboxylic acids is 6. The minimum absolute atomic E-state index is 0.00193. The van der Waals surface area contributed by atoms with Gasteiger partial charge in [-0.25, -0.2) is 28.0 Å². The van der Waals surface area contributed by atoms with E-state index in [4.69, 9.17) is 30.3 Å². The second-order valence-electron chi connectivity index (χ2n) is 9.87. The number of nitrogens with one attached hydrogen (secondary N) is 1. The van der Waals surface area contributed by atoms with Gasteiger partial charge in [0.1, 0.15) is 22.8 Å². The summed E-state index contributed by atoms with van der Waals surface area (Å²) < 4.78 is 49.5. The van der Waals surface area contributed by atoms with Crippen LogP contribution in [0.15, 0.2) is 88.6 Å². The molecule has 2 unspecified atom stereocenters. The Hall–Kier alpha value is -6.49. The van der Waals surface area contributed by atoms with Crippen molar-refractivity contribution in [2.75, 3.05) is 6.61 Å². The summed E-state index contributed by atoms with van der Waals surface area (Å²) in [6, 6.07) is 12.7. The number of amides is 4. The zero-order chi connectivity index (χ0) is 36.0. The van der Waals surface area contributed by atoms with Crippen molar-refractivity contribution in [3.8, 4) is 11.8 Å². The molecule has 1 aliphatic heterocycles. The lowest BCUT2D eigenvalue weighted by atomic mass is 9.99. The van der Waals surface area contributed by atoms with E-state index in [2.05, 4.69) is 14.9 Å². The molecule has 0 saturated carbocycles. The van der Waals surface area contributed by atoms with E-state index in [1.807, 2.05) is 5.32 Å². The number of ether oxygens (including phenoxy) is 3. The van der Waals surface area contributed by atoms with Gasteiger partial charge in [-0.05, 0) is 67.6 Å². The van der Waals surface area contributed by atoms with Gasteiger partial charge in [0, 0.05) is 11.6 Å². The highest BCUT2D eigenvalue weighted by molar-refractivity contribution is 6.32. The first-order valence-corrected chi connectivity index (χ1v) is 14.5. The Morgan fingerprint density at radius 3 is 2.42 bits per heavy atom. The van der Waals surface area contributed by atoms with Gasteiger partial charge in [-0.3, -0.25) is 14.9 Å². The molecule has 2 atom stereocenters. The molecule has 0 spiro atoms. The van der Waals surface area contributed by atoms with Crippen molar-refractivity contribution in [2.24, 2.45) is 5.16 Å². The summed E-state index contributed by atoms with van der Waals surface area (Å²) in [5.74, 6) is -8.53. The van der Waals surface area contributed by atoms with E-state index in [0.29, 0.717) is 0 Å². The summed E-state index contributed by atoms with van der Waals surface area (Å²) >= 11 is 6.10. The van der Waals surface area contributed by atoms with E-state index >= 15 is 4.39 Å². The van der Waals surface area contributed by atoms with E-state index in [1.165, 1.54) is 61.7 Å². The third-order valence-corrected chi connectivity index (χ3v) is 6.89. The number of oxime groups is 1. The number of furan rings is 1. The van der Waals surface area contributed by atoms with Crippen LogP contribution >= 0.6 is 11.6 Å². The molecule has 5 rings (SSSR count). The van der Waals surface area contributed by atoms with Crippen LogP contribution in [0.3, 0.4) is 0 Å². The number of hydrogen-bond donors (Lipinski definition) is 1. The normalized spacial score (nSPS) is 17.2. The highest BCUT2D eigenvalue weighted by atomic mass is 35.5. The fraction of sp³-hybridized carbons (Fsp3) is 0.125. The van der Waals surface area contributed by atoms with Crippen molar-refractivity contribution in [3.63, 3.8) is 0 Å². The van der Waals surface area contributed by atoms with Crippen molar-refractivity contribution in [3.05, 3.63) is 112 Å². The number of urea groups is 1. The highest BCUT2D eigenvalue weighted by Crippen LogP contribution is 2.30. The Morgan fingerprint density at radius 2 is 1.72 bits per heavy atom. The Labute approximate surface area is 284 Å². The van der Waals surface area contributed by atoms with Crippen molar-refractivity contribution in [1.82, 2.24) is 15.2 Å². The number of carbonyl (C=O) groups is 6. The second kappa shape index (κ2) is 14.7. The van der Waals surface area contributed by atoms with Gasteiger partial charge < -0.3 is 23.5 Å². The van der Waals surface area contributed by atoms with Crippen LogP contribution in [0.4, 0.5) is 13.6 Å². The molecule has 3 heterocycles. The monoisotopic (exact) mass is 710 g/mol. The first-order valence-electron chi connectivity index (χ1n) is 14.2. The number of esters is 3. The summed E-state index contributed by atoms with van der Waals surface area (Å²) in [6.45, 7) is 0.940. The van der Waals surface area contributed by atoms with Crippen LogP contribution in [0, 0.1) is 5.82 Å². The predicted molar refractivity (Wildman–Crippen MR) is 163 cm³/mol. The Bertz CT molecular complexity index is 2010. The molecule has 256 valence electrons. The first-order chi connectivity index (χ1) is 23.9. The highest BCUT2D eigenvalue weighted by Gasteiger charge is 2.65. The number of imide groups is 3. The molecule has 50 heavy (non-hydrogen) atoms. The molecule has 1 saturated heterocycles. The van der Waals surface area contributed by atoms with Gasteiger partial charge in [-0.15, -0.1) is 0 Å². The molecule has 0 bridgehead atoms. The molecule has 2 aromatic carbocycles. The van der Waals surface area contributed by atoms with Crippen LogP contribution in [0.5, 0.6) is 11.8 Å². The van der Waals surface area contributed by atoms with Gasteiger partial charge in [-0.1, -0.05) is 22.8 Å². The molecule has 2 aromatic heterocycles. The van der Waals surface area contributed by atoms with Crippen LogP contribution in [-0.2, 0) is 19.2 Å². The minimum Gasteiger partial charge on any atom is -0.463 e. The second-order valence-corrected chi connectivity index (χ2v) is 10.3. The third-order valence-electron chi connectivity index (χ3n) is 6.60. The summed E-state index contributed by atoms with van der Waals surface area (Å²) in [6.07, 6.45) is -0.101. The molecule has 4 amide bonds. The van der Waals surface area contributed by atoms with Crippen molar-refractivity contribution in [1.29, 1.82) is 0 Å². The van der Waals surface area contributed by atoms with E-state index < -0.39 is 64.9 Å². The molecule has 1 aliphatic rings. The molecule has 1 N–H and O–H groups in total. The average molecular weight is 711 g/mol. The van der Waals surface area contributed by atoms with E-state index in [9.17, 15) is 33.2 Å². The molecule has 18 heteroatoms. The molecular formula is C32H21ClF2N4O11. The van der Waals surface area contributed by atoms with Gasteiger partial charge in [0.05, 0.1) is 24.0 Å². The smallest absolute Gasteiger partial charge is 0.360 e. The van der Waals surface area contributed by atoms with Crippen LogP contribution in [0.25, 0.3) is 0 Å². The number of nitrogens with zero attached hydrogens (tertiary/aromatic N) is 3. The standard InChI is InChI=1S/C32H21ClF2N4O11/c1-2-46-30(44)32(35)28(50-36-16-21-7-4-14-47-21)38-31(45)39(29(32)43)25(40)18-5-3-6-19(15-18)27(42)49-24-22(33)12-13-23(37-24)48-26(41)17-8-10-20(34)11-9-17/h3-16,28H,2H2,1H3,(H,38,45). The predicted octanol–water partition coefficient (Wildman–Crippen LogP) is 4.25. The summed E-state index contributed by atoms with van der Waals surface area (Å²) in [5.41, 5.74) is -4.62. The summed E-state index contributed by atoms with van der Waals surface area (Å²) in [4.78, 5) is 86.4. The zero-order valence-corrected chi connectivity index (χ0v) is 26.1. The molecule has 15 nitrogen and oxygen atoms in total. The SMILES string of the molecule is CCOC(=O)C1(F)C(=O)N(C(=O)c2cccc(C(=O)Oc3nc(OC(=O)c4ccc(F)cc4)ccc3Cl)c2)C(=O)NC1ON=Cc1ccco1. The van der Waals surface area contributed by atoms with E-state index in [0.717, 1.165) is 30.5 Å². The number of hydrogen-bond acceptors (Lipinski definition) is 13. The minimum atomic E-state index is -3.79. The molecule has 0 aliphatic carbocycles. The van der Waals surface area contributed by atoms with Gasteiger partial charge >= 0.3 is 29.6 Å². The Balaban J connectivity index is 1.34. The lowest BCUT2D eigenvalue weighted by molar-refractivity contribution is -0.183. The average Bonchev–Trinajstić information content (AvgIpc) is 3.62. The Morgan fingerprint density at radius 1 is 1.00 bits per heavy atom. The Kier molecular flexibility index (Phi) is 10.3. The van der Waals surface area contributed by atoms with Gasteiger partial charge in [-0.2, -0.15) is 9.88 Å². The summed E-state index contributed by atoms with van der Waals surface area (Å²) in [7, 11) is 0. The quantitative estimate of drug-likeness (QED) is 0.0810. The van der Waals surface area contributed by atoms with E-state index in [-0.39, 0.29) is 39.3 Å². The lowest BCUT2D eigenvalue weighted by Gasteiger charge is -2.37. The van der Waals surface area contributed by atoms with Crippen LogP contribution < -0.4 is 14.8 Å². The van der Waals surface area contributed by atoms with Gasteiger partial charge in [0.2, 0.25) is 11.8 Å². The van der Waals surface area contributed by atoms with E-state index in [1.54, 1.807) is 0 Å². The number of alkyl halides is 1. The van der Waals surface area contributed by atoms with Crippen molar-refractivity contribution in [2.45, 2.75) is 18.8 Å². The third kappa shape index (κ3) is 7.31. The maximum Gasteiger partial charge on any atom is 0.360 e. The number of pyridine rings is 1. The maximum atomic E-state index is 16.3. The molecular weight excluding hydrogens is 690 g/mol. The number of rotatable bonds is 10. The number of benzene rings is 2. The van der Waals surface area contributed by atoms with Crippen LogP contribution in [0.1, 0.15) is 43.8 Å². The fourth-order valence-corrected chi connectivity index (χ4v) is 4.34. The largest absolute Gasteiger partial charge is 0.463 e. The van der Waals surface area contributed by atoms with Gasteiger partial charge in [0.15, 0.2) is 0 Å².